The normalized spacial score (nSPS) is 45.4. The Morgan fingerprint density at radius 2 is 2.43 bits per heavy atom. The Bertz CT molecular complexity index is 218. The van der Waals surface area contributed by atoms with Gasteiger partial charge in [0.2, 0.25) is 0 Å². The average Bonchev–Trinajstić information content (AvgIpc) is 2.72. The van der Waals surface area contributed by atoms with Gasteiger partial charge < -0.3 is 19.3 Å². The molecule has 0 aromatic heterocycles. The lowest BCUT2D eigenvalue weighted by Crippen LogP contribution is -2.43. The minimum absolute atomic E-state index is 0.0278. The number of methoxy groups -OCH3 is 1. The molecule has 2 heterocycles. The van der Waals surface area contributed by atoms with Crippen LogP contribution in [0.2, 0.25) is 0 Å². The minimum atomic E-state index is -0.481. The summed E-state index contributed by atoms with van der Waals surface area (Å²) in [6.07, 6.45) is 1.49. The molecule has 2 aliphatic rings. The molecule has 2 rings (SSSR count). The van der Waals surface area contributed by atoms with Crippen LogP contribution in [0, 0.1) is 5.92 Å². The predicted molar refractivity (Wildman–Crippen MR) is 49.7 cm³/mol. The van der Waals surface area contributed by atoms with E-state index in [1.165, 1.54) is 6.26 Å². The largest absolute Gasteiger partial charge is 0.501 e. The Hall–Kier alpha value is -0.580. The first-order chi connectivity index (χ1) is 6.77. The van der Waals surface area contributed by atoms with E-state index in [2.05, 4.69) is 6.58 Å². The van der Waals surface area contributed by atoms with Crippen molar-refractivity contribution in [3.63, 3.8) is 0 Å². The van der Waals surface area contributed by atoms with Gasteiger partial charge in [-0.15, -0.1) is 0 Å². The van der Waals surface area contributed by atoms with Crippen molar-refractivity contribution in [2.45, 2.75) is 30.8 Å². The fourth-order valence-electron chi connectivity index (χ4n) is 2.40. The third kappa shape index (κ3) is 1.43. The second-order valence-electron chi connectivity index (χ2n) is 3.83. The van der Waals surface area contributed by atoms with Gasteiger partial charge in [0.15, 0.2) is 0 Å². The van der Waals surface area contributed by atoms with Crippen molar-refractivity contribution < 1.29 is 19.3 Å². The summed E-state index contributed by atoms with van der Waals surface area (Å²) in [6, 6.07) is 0. The van der Waals surface area contributed by atoms with Crippen LogP contribution in [0.1, 0.15) is 6.42 Å². The summed E-state index contributed by atoms with van der Waals surface area (Å²) in [4.78, 5) is 0. The summed E-state index contributed by atoms with van der Waals surface area (Å²) in [5.74, 6) is 0.311. The summed E-state index contributed by atoms with van der Waals surface area (Å²) >= 11 is 0. The third-order valence-corrected chi connectivity index (χ3v) is 3.07. The highest BCUT2D eigenvalue weighted by molar-refractivity contribution is 5.02. The molecule has 5 unspecified atom stereocenters. The van der Waals surface area contributed by atoms with E-state index in [9.17, 15) is 5.11 Å². The molecule has 4 nitrogen and oxygen atoms in total. The smallest absolute Gasteiger partial charge is 0.112 e. The molecule has 5 atom stereocenters. The second-order valence-corrected chi connectivity index (χ2v) is 3.83. The molecule has 0 amide bonds. The fraction of sp³-hybridized carbons (Fsp3) is 0.800. The van der Waals surface area contributed by atoms with Crippen LogP contribution in [-0.4, -0.2) is 43.2 Å². The van der Waals surface area contributed by atoms with Gasteiger partial charge in [-0.3, -0.25) is 0 Å². The Balaban J connectivity index is 1.96. The Labute approximate surface area is 83.5 Å². The Morgan fingerprint density at radius 1 is 1.64 bits per heavy atom. The molecular formula is C10H16O4. The van der Waals surface area contributed by atoms with Gasteiger partial charge in [0.25, 0.3) is 0 Å². The average molecular weight is 200 g/mol. The zero-order valence-electron chi connectivity index (χ0n) is 8.26. The lowest BCUT2D eigenvalue weighted by Gasteiger charge is -2.28. The van der Waals surface area contributed by atoms with Crippen LogP contribution >= 0.6 is 0 Å². The molecule has 2 saturated heterocycles. The molecule has 0 saturated carbocycles. The van der Waals surface area contributed by atoms with Gasteiger partial charge in [0.1, 0.15) is 12.2 Å². The first-order valence-corrected chi connectivity index (χ1v) is 4.86. The highest BCUT2D eigenvalue weighted by Gasteiger charge is 2.54. The molecule has 4 heteroatoms. The zero-order valence-corrected chi connectivity index (χ0v) is 8.26. The van der Waals surface area contributed by atoms with Crippen molar-refractivity contribution in [1.29, 1.82) is 0 Å². The summed E-state index contributed by atoms with van der Waals surface area (Å²) in [6.45, 7) is 4.09. The third-order valence-electron chi connectivity index (χ3n) is 3.07. The van der Waals surface area contributed by atoms with Gasteiger partial charge in [0, 0.05) is 13.0 Å². The number of hydrogen-bond donors (Lipinski definition) is 1. The van der Waals surface area contributed by atoms with Gasteiger partial charge in [-0.25, -0.2) is 0 Å². The number of ether oxygens (including phenoxy) is 3. The number of fused-ring (bicyclic) bond motifs is 2. The van der Waals surface area contributed by atoms with E-state index in [0.717, 1.165) is 6.42 Å². The predicted octanol–water partition coefficient (Wildman–Crippen LogP) is 0.310. The molecule has 0 spiro atoms. The molecule has 14 heavy (non-hydrogen) atoms. The molecule has 0 aliphatic carbocycles. The van der Waals surface area contributed by atoms with Crippen molar-refractivity contribution in [2.24, 2.45) is 5.92 Å². The maximum atomic E-state index is 9.71. The fourth-order valence-corrected chi connectivity index (χ4v) is 2.40. The van der Waals surface area contributed by atoms with E-state index < -0.39 is 6.10 Å². The lowest BCUT2D eigenvalue weighted by atomic mass is 9.86. The molecule has 2 bridgehead atoms. The van der Waals surface area contributed by atoms with Gasteiger partial charge >= 0.3 is 0 Å². The molecule has 1 N–H and O–H groups in total. The molecule has 2 fully saturated rings. The van der Waals surface area contributed by atoms with Crippen molar-refractivity contribution in [3.8, 4) is 0 Å². The molecule has 0 aromatic carbocycles. The maximum Gasteiger partial charge on any atom is 0.112 e. The van der Waals surface area contributed by atoms with Gasteiger partial charge in [-0.05, 0) is 6.42 Å². The van der Waals surface area contributed by atoms with E-state index >= 15 is 0 Å². The number of hydrogen-bond acceptors (Lipinski definition) is 4. The van der Waals surface area contributed by atoms with E-state index in [-0.39, 0.29) is 18.3 Å². The standard InChI is InChI=1S/C10H16O4/c1-3-13-5-6-4-7-8(11)10(12-2)9(6)14-7/h3,6-11H,1,4-5H2,2H3. The quantitative estimate of drug-likeness (QED) is 0.663. The number of rotatable bonds is 4. The molecule has 0 radical (unpaired) electrons. The van der Waals surface area contributed by atoms with E-state index in [4.69, 9.17) is 14.2 Å². The summed E-state index contributed by atoms with van der Waals surface area (Å²) in [5.41, 5.74) is 0. The van der Waals surface area contributed by atoms with E-state index in [0.29, 0.717) is 12.5 Å². The zero-order chi connectivity index (χ0) is 10.1. The first-order valence-electron chi connectivity index (χ1n) is 4.86. The van der Waals surface area contributed by atoms with Gasteiger partial charge in [0.05, 0.1) is 25.1 Å². The Morgan fingerprint density at radius 3 is 3.00 bits per heavy atom. The number of aliphatic hydroxyl groups excluding tert-OH is 1. The highest BCUT2D eigenvalue weighted by atomic mass is 16.6. The molecule has 2 aliphatic heterocycles. The van der Waals surface area contributed by atoms with Crippen molar-refractivity contribution in [3.05, 3.63) is 12.8 Å². The number of aliphatic hydroxyl groups is 1. The van der Waals surface area contributed by atoms with Crippen LogP contribution in [-0.2, 0) is 14.2 Å². The van der Waals surface area contributed by atoms with E-state index in [1.54, 1.807) is 7.11 Å². The Kier molecular flexibility index (Phi) is 2.76. The van der Waals surface area contributed by atoms with Crippen molar-refractivity contribution in [1.82, 2.24) is 0 Å². The topological polar surface area (TPSA) is 47.9 Å². The van der Waals surface area contributed by atoms with Crippen molar-refractivity contribution in [2.75, 3.05) is 13.7 Å². The summed E-state index contributed by atoms with van der Waals surface area (Å²) < 4.78 is 16.0. The maximum absolute atomic E-state index is 9.71. The first kappa shape index (κ1) is 9.96. The highest BCUT2D eigenvalue weighted by Crippen LogP contribution is 2.40. The molecule has 0 aromatic rings. The van der Waals surface area contributed by atoms with Crippen molar-refractivity contribution >= 4 is 0 Å². The van der Waals surface area contributed by atoms with Crippen LogP contribution in [0.3, 0.4) is 0 Å². The lowest BCUT2D eigenvalue weighted by molar-refractivity contribution is -0.0416. The molecular weight excluding hydrogens is 184 g/mol. The van der Waals surface area contributed by atoms with Crippen LogP contribution < -0.4 is 0 Å². The minimum Gasteiger partial charge on any atom is -0.501 e. The van der Waals surface area contributed by atoms with Gasteiger partial charge in [-0.2, -0.15) is 0 Å². The second kappa shape index (κ2) is 3.88. The summed E-state index contributed by atoms with van der Waals surface area (Å²) in [7, 11) is 1.60. The van der Waals surface area contributed by atoms with Crippen LogP contribution in [0.25, 0.3) is 0 Å². The van der Waals surface area contributed by atoms with E-state index in [1.807, 2.05) is 0 Å². The van der Waals surface area contributed by atoms with Crippen LogP contribution in [0.5, 0.6) is 0 Å². The van der Waals surface area contributed by atoms with Gasteiger partial charge in [-0.1, -0.05) is 6.58 Å². The summed E-state index contributed by atoms with van der Waals surface area (Å²) in [5, 5.41) is 9.71. The van der Waals surface area contributed by atoms with Crippen LogP contribution in [0.4, 0.5) is 0 Å². The SMILES string of the molecule is C=COCC1CC2OC1C(OC)C2O. The monoisotopic (exact) mass is 200 g/mol. The van der Waals surface area contributed by atoms with Crippen LogP contribution in [0.15, 0.2) is 12.8 Å². The molecule has 80 valence electrons.